The van der Waals surface area contributed by atoms with E-state index in [-0.39, 0.29) is 5.92 Å². The summed E-state index contributed by atoms with van der Waals surface area (Å²) in [6.07, 6.45) is -3.08. The number of rotatable bonds is 2. The van der Waals surface area contributed by atoms with Crippen LogP contribution in [0, 0.1) is 17.3 Å². The van der Waals surface area contributed by atoms with Gasteiger partial charge in [-0.2, -0.15) is 13.2 Å². The van der Waals surface area contributed by atoms with E-state index in [1.807, 2.05) is 0 Å². The summed E-state index contributed by atoms with van der Waals surface area (Å²) in [5.41, 5.74) is -0.648. The van der Waals surface area contributed by atoms with Crippen LogP contribution in [-0.2, 0) is 4.74 Å². The molecule has 0 amide bonds. The lowest BCUT2D eigenvalue weighted by atomic mass is 9.66. The van der Waals surface area contributed by atoms with Gasteiger partial charge in [0, 0.05) is 13.2 Å². The second-order valence-electron chi connectivity index (χ2n) is 5.03. The summed E-state index contributed by atoms with van der Waals surface area (Å²) < 4.78 is 44.0. The fourth-order valence-electron chi connectivity index (χ4n) is 2.73. The molecular formula is C11H19F3O. The maximum atomic E-state index is 13.0. The Kier molecular flexibility index (Phi) is 3.69. The van der Waals surface area contributed by atoms with Crippen LogP contribution in [0.2, 0.25) is 0 Å². The summed E-state index contributed by atoms with van der Waals surface area (Å²) in [4.78, 5) is 0. The number of halogens is 3. The van der Waals surface area contributed by atoms with Crippen LogP contribution in [-0.4, -0.2) is 19.4 Å². The van der Waals surface area contributed by atoms with Crippen molar-refractivity contribution in [2.45, 2.75) is 39.8 Å². The summed E-state index contributed by atoms with van der Waals surface area (Å²) in [5, 5.41) is 0. The second-order valence-corrected chi connectivity index (χ2v) is 5.03. The lowest BCUT2D eigenvalue weighted by Gasteiger charge is -2.43. The molecule has 0 saturated carbocycles. The monoisotopic (exact) mass is 224 g/mol. The molecule has 0 aromatic heterocycles. The summed E-state index contributed by atoms with van der Waals surface area (Å²) in [6.45, 7) is 5.96. The third kappa shape index (κ3) is 2.86. The van der Waals surface area contributed by atoms with Crippen LogP contribution in [0.25, 0.3) is 0 Å². The van der Waals surface area contributed by atoms with Crippen molar-refractivity contribution >= 4 is 0 Å². The Bertz CT molecular complexity index is 204. The molecule has 1 unspecified atom stereocenters. The van der Waals surface area contributed by atoms with Crippen molar-refractivity contribution in [3.63, 3.8) is 0 Å². The van der Waals surface area contributed by atoms with Gasteiger partial charge < -0.3 is 4.74 Å². The van der Waals surface area contributed by atoms with E-state index in [0.29, 0.717) is 26.1 Å². The van der Waals surface area contributed by atoms with Gasteiger partial charge in [0.1, 0.15) is 0 Å². The molecule has 1 saturated heterocycles. The highest BCUT2D eigenvalue weighted by Crippen LogP contribution is 2.49. The zero-order valence-electron chi connectivity index (χ0n) is 9.53. The Morgan fingerprint density at radius 3 is 1.93 bits per heavy atom. The molecule has 1 rings (SSSR count). The molecule has 1 atom stereocenters. The first-order chi connectivity index (χ1) is 6.77. The van der Waals surface area contributed by atoms with Gasteiger partial charge in [-0.3, -0.25) is 0 Å². The van der Waals surface area contributed by atoms with Crippen LogP contribution in [0.15, 0.2) is 0 Å². The van der Waals surface area contributed by atoms with Crippen LogP contribution < -0.4 is 0 Å². The van der Waals surface area contributed by atoms with Crippen molar-refractivity contribution in [2.24, 2.45) is 17.3 Å². The molecule has 1 heterocycles. The topological polar surface area (TPSA) is 9.23 Å². The molecule has 0 radical (unpaired) electrons. The molecule has 0 N–H and O–H groups in total. The maximum absolute atomic E-state index is 13.0. The summed E-state index contributed by atoms with van der Waals surface area (Å²) in [7, 11) is 0. The predicted molar refractivity (Wildman–Crippen MR) is 52.5 cm³/mol. The minimum Gasteiger partial charge on any atom is -0.381 e. The lowest BCUT2D eigenvalue weighted by molar-refractivity contribution is -0.228. The van der Waals surface area contributed by atoms with Crippen LogP contribution in [0.5, 0.6) is 0 Å². The van der Waals surface area contributed by atoms with Gasteiger partial charge in [0.05, 0.1) is 5.92 Å². The van der Waals surface area contributed by atoms with Crippen LogP contribution in [0.1, 0.15) is 33.6 Å². The zero-order valence-corrected chi connectivity index (χ0v) is 9.53. The van der Waals surface area contributed by atoms with Crippen LogP contribution in [0.4, 0.5) is 13.2 Å². The maximum Gasteiger partial charge on any atom is 0.392 e. The quantitative estimate of drug-likeness (QED) is 0.695. The van der Waals surface area contributed by atoms with E-state index in [0.717, 1.165) is 0 Å². The minimum atomic E-state index is -4.10. The van der Waals surface area contributed by atoms with Crippen molar-refractivity contribution in [3.8, 4) is 0 Å². The first-order valence-electron chi connectivity index (χ1n) is 5.42. The van der Waals surface area contributed by atoms with E-state index in [4.69, 9.17) is 4.74 Å². The van der Waals surface area contributed by atoms with Gasteiger partial charge in [0.2, 0.25) is 0 Å². The Morgan fingerprint density at radius 1 is 1.13 bits per heavy atom. The minimum absolute atomic E-state index is 0.368. The highest BCUT2D eigenvalue weighted by atomic mass is 19.4. The highest BCUT2D eigenvalue weighted by molar-refractivity contribution is 4.90. The van der Waals surface area contributed by atoms with Gasteiger partial charge >= 0.3 is 6.18 Å². The molecular weight excluding hydrogens is 205 g/mol. The largest absolute Gasteiger partial charge is 0.392 e. The fraction of sp³-hybridized carbons (Fsp3) is 1.00. The fourth-order valence-corrected chi connectivity index (χ4v) is 2.73. The average Bonchev–Trinajstić information content (AvgIpc) is 2.00. The van der Waals surface area contributed by atoms with Gasteiger partial charge in [-0.15, -0.1) is 0 Å². The number of hydrogen-bond donors (Lipinski definition) is 0. The van der Waals surface area contributed by atoms with Crippen LogP contribution in [0.3, 0.4) is 0 Å². The average molecular weight is 224 g/mol. The van der Waals surface area contributed by atoms with Crippen molar-refractivity contribution in [1.29, 1.82) is 0 Å². The van der Waals surface area contributed by atoms with Crippen molar-refractivity contribution in [2.75, 3.05) is 13.2 Å². The second kappa shape index (κ2) is 4.32. The third-order valence-corrected chi connectivity index (χ3v) is 3.41. The summed E-state index contributed by atoms with van der Waals surface area (Å²) >= 11 is 0. The Labute approximate surface area is 89.0 Å². The molecule has 1 fully saturated rings. The van der Waals surface area contributed by atoms with E-state index >= 15 is 0 Å². The van der Waals surface area contributed by atoms with Crippen molar-refractivity contribution in [1.82, 2.24) is 0 Å². The van der Waals surface area contributed by atoms with Gasteiger partial charge in [0.15, 0.2) is 0 Å². The standard InChI is InChI=1S/C11H19F3O/c1-8(2)9(11(12,13)14)10(3)4-6-15-7-5-10/h8-9H,4-7H2,1-3H3. The van der Waals surface area contributed by atoms with E-state index in [2.05, 4.69) is 0 Å². The van der Waals surface area contributed by atoms with Crippen molar-refractivity contribution < 1.29 is 17.9 Å². The molecule has 1 aliphatic rings. The molecule has 0 aromatic carbocycles. The lowest BCUT2D eigenvalue weighted by Crippen LogP contribution is -2.44. The Balaban J connectivity index is 2.87. The number of ether oxygens (including phenoxy) is 1. The summed E-state index contributed by atoms with van der Waals surface area (Å²) in [6, 6.07) is 0. The molecule has 4 heteroatoms. The predicted octanol–water partition coefficient (Wildman–Crippen LogP) is 3.64. The van der Waals surface area contributed by atoms with Gasteiger partial charge in [-0.05, 0) is 24.2 Å². The molecule has 0 spiro atoms. The normalized spacial score (nSPS) is 24.2. The Hall–Kier alpha value is -0.250. The molecule has 90 valence electrons. The van der Waals surface area contributed by atoms with E-state index in [9.17, 15) is 13.2 Å². The molecule has 1 aliphatic heterocycles. The molecule has 0 aromatic rings. The van der Waals surface area contributed by atoms with Gasteiger partial charge in [-0.25, -0.2) is 0 Å². The van der Waals surface area contributed by atoms with Gasteiger partial charge in [-0.1, -0.05) is 20.8 Å². The van der Waals surface area contributed by atoms with E-state index in [1.165, 1.54) is 0 Å². The Morgan fingerprint density at radius 2 is 1.60 bits per heavy atom. The third-order valence-electron chi connectivity index (χ3n) is 3.41. The van der Waals surface area contributed by atoms with Crippen molar-refractivity contribution in [3.05, 3.63) is 0 Å². The molecule has 0 bridgehead atoms. The first-order valence-corrected chi connectivity index (χ1v) is 5.42. The highest BCUT2D eigenvalue weighted by Gasteiger charge is 2.52. The van der Waals surface area contributed by atoms with E-state index in [1.54, 1.807) is 20.8 Å². The smallest absolute Gasteiger partial charge is 0.381 e. The summed E-state index contributed by atoms with van der Waals surface area (Å²) in [5.74, 6) is -1.58. The van der Waals surface area contributed by atoms with E-state index < -0.39 is 17.5 Å². The SMILES string of the molecule is CC(C)C(C(F)(F)F)C1(C)CCOCC1. The van der Waals surface area contributed by atoms with Gasteiger partial charge in [0.25, 0.3) is 0 Å². The molecule has 15 heavy (non-hydrogen) atoms. The van der Waals surface area contributed by atoms with Crippen LogP contribution >= 0.6 is 0 Å². The first kappa shape index (κ1) is 12.8. The molecule has 1 nitrogen and oxygen atoms in total. The number of hydrogen-bond acceptors (Lipinski definition) is 1. The number of alkyl halides is 3. The zero-order chi connectivity index (χ0) is 11.7. The molecule has 0 aliphatic carbocycles.